The molecule has 0 aliphatic heterocycles. The molecular weight excluding hydrogens is 713 g/mol. The number of rotatable bonds is 5. The van der Waals surface area contributed by atoms with Crippen molar-refractivity contribution < 1.29 is 4.42 Å². The van der Waals surface area contributed by atoms with E-state index in [1.54, 1.807) is 0 Å². The van der Waals surface area contributed by atoms with Crippen LogP contribution in [0.2, 0.25) is 0 Å². The van der Waals surface area contributed by atoms with Crippen LogP contribution in [0.15, 0.2) is 223 Å². The van der Waals surface area contributed by atoms with E-state index < -0.39 is 0 Å². The summed E-state index contributed by atoms with van der Waals surface area (Å²) < 4.78 is 6.23. The lowest BCUT2D eigenvalue weighted by atomic mass is 9.84. The summed E-state index contributed by atoms with van der Waals surface area (Å²) in [5.41, 5.74) is 14.1. The normalized spacial score (nSPS) is 11.7. The Hall–Kier alpha value is -7.74. The second-order valence-corrected chi connectivity index (χ2v) is 15.5. The summed E-state index contributed by atoms with van der Waals surface area (Å²) in [4.78, 5) is 0. The van der Waals surface area contributed by atoms with E-state index in [9.17, 15) is 0 Å². The Morgan fingerprint density at radius 2 is 0.508 bits per heavy atom. The highest BCUT2D eigenvalue weighted by atomic mass is 16.3. The molecule has 0 N–H and O–H groups in total. The summed E-state index contributed by atoms with van der Waals surface area (Å²) in [7, 11) is 0. The van der Waals surface area contributed by atoms with Crippen molar-refractivity contribution >= 4 is 65.0 Å². The molecule has 1 heteroatoms. The van der Waals surface area contributed by atoms with Crippen molar-refractivity contribution in [2.24, 2.45) is 0 Å². The highest BCUT2D eigenvalue weighted by Gasteiger charge is 2.20. The van der Waals surface area contributed by atoms with Crippen LogP contribution in [-0.4, -0.2) is 0 Å². The molecule has 0 bridgehead atoms. The maximum atomic E-state index is 6.23. The second kappa shape index (κ2) is 13.4. The minimum Gasteiger partial charge on any atom is -0.456 e. The first-order valence-electron chi connectivity index (χ1n) is 20.3. The van der Waals surface area contributed by atoms with Crippen LogP contribution in [0.4, 0.5) is 0 Å². The Bertz CT molecular complexity index is 3490. The number of hydrogen-bond acceptors (Lipinski definition) is 1. The van der Waals surface area contributed by atoms with Crippen molar-refractivity contribution in [3.8, 4) is 55.6 Å². The van der Waals surface area contributed by atoms with Crippen molar-refractivity contribution in [2.45, 2.75) is 0 Å². The summed E-state index contributed by atoms with van der Waals surface area (Å²) in [6, 6.07) is 79.6. The van der Waals surface area contributed by atoms with Crippen molar-refractivity contribution in [1.29, 1.82) is 0 Å². The summed E-state index contributed by atoms with van der Waals surface area (Å²) in [6.45, 7) is 0. The van der Waals surface area contributed by atoms with Crippen molar-refractivity contribution in [2.75, 3.05) is 0 Å². The second-order valence-electron chi connectivity index (χ2n) is 15.5. The first kappa shape index (κ1) is 33.4. The van der Waals surface area contributed by atoms with Gasteiger partial charge in [0.2, 0.25) is 0 Å². The predicted octanol–water partition coefficient (Wildman–Crippen LogP) is 16.5. The molecule has 0 saturated heterocycles. The van der Waals surface area contributed by atoms with Crippen LogP contribution in [0.25, 0.3) is 121 Å². The molecule has 59 heavy (non-hydrogen) atoms. The van der Waals surface area contributed by atoms with Gasteiger partial charge in [0.05, 0.1) is 0 Å². The zero-order chi connectivity index (χ0) is 38.9. The van der Waals surface area contributed by atoms with Gasteiger partial charge in [0, 0.05) is 10.8 Å². The van der Waals surface area contributed by atoms with E-state index in [1.165, 1.54) is 98.7 Å². The molecule has 274 valence electrons. The topological polar surface area (TPSA) is 13.1 Å². The zero-order valence-electron chi connectivity index (χ0n) is 32.2. The molecule has 0 atom stereocenters. The Balaban J connectivity index is 1.03. The molecular formula is C58H36O. The van der Waals surface area contributed by atoms with Gasteiger partial charge in [0.25, 0.3) is 0 Å². The molecule has 0 aliphatic carbocycles. The summed E-state index contributed by atoms with van der Waals surface area (Å²) in [6.07, 6.45) is 0. The molecule has 0 fully saturated rings. The number of fused-ring (bicyclic) bond motifs is 7. The van der Waals surface area contributed by atoms with Crippen LogP contribution in [0.1, 0.15) is 0 Å². The fourth-order valence-corrected chi connectivity index (χ4v) is 9.70. The number of hydrogen-bond donors (Lipinski definition) is 0. The van der Waals surface area contributed by atoms with Gasteiger partial charge < -0.3 is 4.42 Å². The van der Waals surface area contributed by atoms with Crippen molar-refractivity contribution in [3.63, 3.8) is 0 Å². The monoisotopic (exact) mass is 748 g/mol. The lowest BCUT2D eigenvalue weighted by Gasteiger charge is -2.19. The van der Waals surface area contributed by atoms with Crippen LogP contribution in [0, 0.1) is 0 Å². The van der Waals surface area contributed by atoms with E-state index in [0.29, 0.717) is 0 Å². The lowest BCUT2D eigenvalue weighted by molar-refractivity contribution is 0.669. The molecule has 1 heterocycles. The van der Waals surface area contributed by atoms with Crippen LogP contribution in [-0.2, 0) is 0 Å². The van der Waals surface area contributed by atoms with Gasteiger partial charge in [-0.1, -0.05) is 188 Å². The average molecular weight is 749 g/mol. The van der Waals surface area contributed by atoms with Crippen molar-refractivity contribution in [1.82, 2.24) is 0 Å². The third kappa shape index (κ3) is 5.33. The van der Waals surface area contributed by atoms with Gasteiger partial charge in [-0.2, -0.15) is 0 Å². The zero-order valence-corrected chi connectivity index (χ0v) is 32.2. The van der Waals surface area contributed by atoms with Gasteiger partial charge in [-0.05, 0) is 129 Å². The maximum absolute atomic E-state index is 6.23. The Morgan fingerprint density at radius 3 is 0.966 bits per heavy atom. The van der Waals surface area contributed by atoms with Crippen LogP contribution < -0.4 is 0 Å². The van der Waals surface area contributed by atoms with Crippen LogP contribution in [0.3, 0.4) is 0 Å². The summed E-state index contributed by atoms with van der Waals surface area (Å²) >= 11 is 0. The molecule has 1 nitrogen and oxygen atoms in total. The smallest absolute Gasteiger partial charge is 0.135 e. The third-order valence-electron chi connectivity index (χ3n) is 12.2. The average Bonchev–Trinajstić information content (AvgIpc) is 3.68. The quantitative estimate of drug-likeness (QED) is 0.160. The van der Waals surface area contributed by atoms with E-state index in [-0.39, 0.29) is 0 Å². The molecule has 0 radical (unpaired) electrons. The predicted molar refractivity (Wildman–Crippen MR) is 251 cm³/mol. The highest BCUT2D eigenvalue weighted by Crippen LogP contribution is 2.47. The van der Waals surface area contributed by atoms with Gasteiger partial charge in [-0.15, -0.1) is 0 Å². The fraction of sp³-hybridized carbons (Fsp3) is 0. The van der Waals surface area contributed by atoms with Crippen molar-refractivity contribution in [3.05, 3.63) is 218 Å². The molecule has 0 saturated carbocycles. The lowest BCUT2D eigenvalue weighted by Crippen LogP contribution is -1.92. The summed E-state index contributed by atoms with van der Waals surface area (Å²) in [5.74, 6) is 0. The van der Waals surface area contributed by atoms with E-state index in [0.717, 1.165) is 21.9 Å². The van der Waals surface area contributed by atoms with Gasteiger partial charge in [-0.25, -0.2) is 0 Å². The fourth-order valence-electron chi connectivity index (χ4n) is 9.70. The highest BCUT2D eigenvalue weighted by molar-refractivity contribution is 6.23. The van der Waals surface area contributed by atoms with E-state index in [2.05, 4.69) is 206 Å². The number of furan rings is 1. The minimum absolute atomic E-state index is 0.909. The Morgan fingerprint density at radius 1 is 0.186 bits per heavy atom. The SMILES string of the molecule is c1ccc(-c2c3ccccc3c(-c3cccc(-c4cccc(-c5c6ccccc6c(-c6ccc7oc8ccccc8c7c6)c6ccccc56)c4)c3)c3ccccc23)cc1. The molecule has 12 rings (SSSR count). The van der Waals surface area contributed by atoms with E-state index in [4.69, 9.17) is 4.42 Å². The first-order valence-corrected chi connectivity index (χ1v) is 20.3. The van der Waals surface area contributed by atoms with Gasteiger partial charge in [0.1, 0.15) is 11.2 Å². The molecule has 0 amide bonds. The van der Waals surface area contributed by atoms with Gasteiger partial charge in [-0.3, -0.25) is 0 Å². The molecule has 11 aromatic carbocycles. The Labute approximate surface area is 342 Å². The maximum Gasteiger partial charge on any atom is 0.135 e. The van der Waals surface area contributed by atoms with Gasteiger partial charge in [0.15, 0.2) is 0 Å². The molecule has 0 unspecified atom stereocenters. The first-order chi connectivity index (χ1) is 29.3. The van der Waals surface area contributed by atoms with Crippen LogP contribution >= 0.6 is 0 Å². The molecule has 12 aromatic rings. The van der Waals surface area contributed by atoms with E-state index >= 15 is 0 Å². The minimum atomic E-state index is 0.909. The third-order valence-corrected chi connectivity index (χ3v) is 12.2. The standard InChI is InChI=1S/C58H36O/c1-2-16-37(17-3-1)55-44-23-4-6-25-46(44)56(47-26-7-5-24-45(47)55)40-20-14-18-38(34-40)39-19-15-21-41(35-39)57-48-27-8-10-29-50(48)58(51-30-11-9-28-49(51)57)42-32-33-54-52(36-42)43-22-12-13-31-53(43)59-54/h1-36H. The summed E-state index contributed by atoms with van der Waals surface area (Å²) in [5, 5.41) is 12.3. The van der Waals surface area contributed by atoms with E-state index in [1.807, 2.05) is 12.1 Å². The molecule has 1 aromatic heterocycles. The number of para-hydroxylation sites is 1. The molecule has 0 spiro atoms. The van der Waals surface area contributed by atoms with Gasteiger partial charge >= 0.3 is 0 Å². The Kier molecular flexibility index (Phi) is 7.61. The van der Waals surface area contributed by atoms with Crippen LogP contribution in [0.5, 0.6) is 0 Å². The number of benzene rings is 11. The molecule has 0 aliphatic rings. The largest absolute Gasteiger partial charge is 0.456 e.